The van der Waals surface area contributed by atoms with Crippen molar-refractivity contribution >= 4 is 45.5 Å². The number of methoxy groups -OCH3 is 1. The fourth-order valence-corrected chi connectivity index (χ4v) is 3.62. The smallest absolute Gasteiger partial charge is 0.234 e. The summed E-state index contributed by atoms with van der Waals surface area (Å²) >= 11 is 2.51. The number of carbonyl (C=O) groups is 1. The van der Waals surface area contributed by atoms with Crippen LogP contribution in [0.15, 0.2) is 52.9 Å². The number of ether oxygens (including phenoxy) is 1. The summed E-state index contributed by atoms with van der Waals surface area (Å²) in [7, 11) is 1.55. The number of rotatable bonds is 7. The lowest BCUT2D eigenvalue weighted by Crippen LogP contribution is -2.14. The first kappa shape index (κ1) is 18.2. The van der Waals surface area contributed by atoms with Gasteiger partial charge in [-0.3, -0.25) is 4.79 Å². The highest BCUT2D eigenvalue weighted by molar-refractivity contribution is 8.01. The number of aromatic nitrogens is 2. The van der Waals surface area contributed by atoms with Crippen molar-refractivity contribution in [1.29, 1.82) is 0 Å². The van der Waals surface area contributed by atoms with Gasteiger partial charge in [-0.15, -0.1) is 10.2 Å². The molecule has 0 saturated carbocycles. The zero-order chi connectivity index (χ0) is 18.4. The Morgan fingerprint density at radius 2 is 1.88 bits per heavy atom. The number of hydrogen-bond acceptors (Lipinski definition) is 7. The molecule has 6 nitrogen and oxygen atoms in total. The van der Waals surface area contributed by atoms with Crippen molar-refractivity contribution in [2.75, 3.05) is 23.5 Å². The van der Waals surface area contributed by atoms with Gasteiger partial charge in [-0.2, -0.15) is 0 Å². The predicted octanol–water partition coefficient (Wildman–Crippen LogP) is 4.16. The molecule has 0 aliphatic rings. The topological polar surface area (TPSA) is 76.1 Å². The molecule has 0 spiro atoms. The van der Waals surface area contributed by atoms with E-state index in [4.69, 9.17) is 4.74 Å². The van der Waals surface area contributed by atoms with Crippen LogP contribution in [0.4, 0.5) is 20.9 Å². The Hall–Kier alpha value is -2.65. The molecule has 0 radical (unpaired) electrons. The van der Waals surface area contributed by atoms with E-state index in [0.29, 0.717) is 26.6 Å². The number of para-hydroxylation sites is 3. The molecule has 1 amide bonds. The van der Waals surface area contributed by atoms with Crippen molar-refractivity contribution in [2.24, 2.45) is 0 Å². The van der Waals surface area contributed by atoms with E-state index in [9.17, 15) is 9.18 Å². The molecule has 1 heterocycles. The van der Waals surface area contributed by atoms with E-state index >= 15 is 0 Å². The summed E-state index contributed by atoms with van der Waals surface area (Å²) in [4.78, 5) is 12.1. The summed E-state index contributed by atoms with van der Waals surface area (Å²) in [6.45, 7) is 0. The molecule has 0 fully saturated rings. The minimum absolute atomic E-state index is 0.173. The molecule has 0 aliphatic heterocycles. The first-order valence-electron chi connectivity index (χ1n) is 7.56. The number of carbonyl (C=O) groups excluding carboxylic acids is 1. The normalized spacial score (nSPS) is 10.4. The van der Waals surface area contributed by atoms with Crippen LogP contribution in [0.3, 0.4) is 0 Å². The van der Waals surface area contributed by atoms with Gasteiger partial charge in [0.1, 0.15) is 11.6 Å². The van der Waals surface area contributed by atoms with Crippen LogP contribution < -0.4 is 15.4 Å². The van der Waals surface area contributed by atoms with Crippen LogP contribution in [0.2, 0.25) is 0 Å². The molecule has 1 aromatic heterocycles. The van der Waals surface area contributed by atoms with Crippen LogP contribution >= 0.6 is 23.1 Å². The molecule has 9 heteroatoms. The van der Waals surface area contributed by atoms with Gasteiger partial charge in [-0.1, -0.05) is 47.4 Å². The van der Waals surface area contributed by atoms with Gasteiger partial charge in [0, 0.05) is 0 Å². The van der Waals surface area contributed by atoms with Crippen molar-refractivity contribution in [2.45, 2.75) is 4.34 Å². The van der Waals surface area contributed by atoms with Crippen LogP contribution in [0.25, 0.3) is 0 Å². The second-order valence-corrected chi connectivity index (χ2v) is 7.22. The molecule has 2 aromatic carbocycles. The minimum Gasteiger partial charge on any atom is -0.495 e. The SMILES string of the molecule is COc1ccccc1NC(=O)CSc1nnc(Nc2ccccc2F)s1. The third-order valence-corrected chi connectivity index (χ3v) is 5.20. The third kappa shape index (κ3) is 4.70. The van der Waals surface area contributed by atoms with Crippen LogP contribution in [0.1, 0.15) is 0 Å². The number of halogens is 1. The molecular weight excluding hydrogens is 375 g/mol. The van der Waals surface area contributed by atoms with E-state index in [1.54, 1.807) is 37.4 Å². The molecule has 0 aliphatic carbocycles. The van der Waals surface area contributed by atoms with Gasteiger partial charge in [0.25, 0.3) is 0 Å². The highest BCUT2D eigenvalue weighted by Crippen LogP contribution is 2.29. The Morgan fingerprint density at radius 3 is 2.65 bits per heavy atom. The maximum absolute atomic E-state index is 13.6. The molecular formula is C17H15FN4O2S2. The maximum Gasteiger partial charge on any atom is 0.234 e. The number of thioether (sulfide) groups is 1. The van der Waals surface area contributed by atoms with E-state index in [1.165, 1.54) is 29.2 Å². The van der Waals surface area contributed by atoms with Gasteiger partial charge < -0.3 is 15.4 Å². The van der Waals surface area contributed by atoms with Gasteiger partial charge in [-0.25, -0.2) is 4.39 Å². The van der Waals surface area contributed by atoms with E-state index in [2.05, 4.69) is 20.8 Å². The minimum atomic E-state index is -0.368. The molecule has 0 unspecified atom stereocenters. The van der Waals surface area contributed by atoms with E-state index in [0.717, 1.165) is 0 Å². The second kappa shape index (κ2) is 8.63. The van der Waals surface area contributed by atoms with E-state index < -0.39 is 0 Å². The van der Waals surface area contributed by atoms with Crippen molar-refractivity contribution in [3.8, 4) is 5.75 Å². The van der Waals surface area contributed by atoms with Gasteiger partial charge in [0.2, 0.25) is 11.0 Å². The Labute approximate surface area is 157 Å². The molecule has 0 bridgehead atoms. The fraction of sp³-hybridized carbons (Fsp3) is 0.118. The van der Waals surface area contributed by atoms with Crippen LogP contribution in [0, 0.1) is 5.82 Å². The predicted molar refractivity (Wildman–Crippen MR) is 102 cm³/mol. The molecule has 134 valence electrons. The van der Waals surface area contributed by atoms with Crippen LogP contribution in [-0.2, 0) is 4.79 Å². The lowest BCUT2D eigenvalue weighted by molar-refractivity contribution is -0.113. The van der Waals surface area contributed by atoms with Crippen molar-refractivity contribution in [3.63, 3.8) is 0 Å². The summed E-state index contributed by atoms with van der Waals surface area (Å²) in [5.41, 5.74) is 0.939. The summed E-state index contributed by atoms with van der Waals surface area (Å²) in [6, 6.07) is 13.5. The number of anilines is 3. The van der Waals surface area contributed by atoms with E-state index in [-0.39, 0.29) is 17.5 Å². The Balaban J connectivity index is 1.54. The number of nitrogens with zero attached hydrogens (tertiary/aromatic N) is 2. The molecule has 3 rings (SSSR count). The van der Waals surface area contributed by atoms with Gasteiger partial charge >= 0.3 is 0 Å². The average Bonchev–Trinajstić information content (AvgIpc) is 3.10. The number of benzene rings is 2. The zero-order valence-electron chi connectivity index (χ0n) is 13.7. The second-order valence-electron chi connectivity index (χ2n) is 5.02. The number of amides is 1. The van der Waals surface area contributed by atoms with Crippen molar-refractivity contribution in [1.82, 2.24) is 10.2 Å². The molecule has 26 heavy (non-hydrogen) atoms. The van der Waals surface area contributed by atoms with Crippen LogP contribution in [-0.4, -0.2) is 29.0 Å². The first-order chi connectivity index (χ1) is 12.7. The zero-order valence-corrected chi connectivity index (χ0v) is 15.4. The standard InChI is InChI=1S/C17H15FN4O2S2/c1-24-14-9-5-4-8-13(14)19-15(23)10-25-17-22-21-16(26-17)20-12-7-3-2-6-11(12)18/h2-9H,10H2,1H3,(H,19,23)(H,20,21). The summed E-state index contributed by atoms with van der Waals surface area (Å²) in [5.74, 6) is 0.219. The van der Waals surface area contributed by atoms with Crippen molar-refractivity contribution < 1.29 is 13.9 Å². The maximum atomic E-state index is 13.6. The van der Waals surface area contributed by atoms with Crippen molar-refractivity contribution in [3.05, 3.63) is 54.3 Å². The highest BCUT2D eigenvalue weighted by atomic mass is 32.2. The quantitative estimate of drug-likeness (QED) is 0.590. The largest absolute Gasteiger partial charge is 0.495 e. The molecule has 0 saturated heterocycles. The van der Waals surface area contributed by atoms with Gasteiger partial charge in [0.05, 0.1) is 24.2 Å². The number of nitrogens with one attached hydrogen (secondary N) is 2. The summed E-state index contributed by atoms with van der Waals surface area (Å²) in [5, 5.41) is 14.1. The average molecular weight is 390 g/mol. The highest BCUT2D eigenvalue weighted by Gasteiger charge is 2.11. The van der Waals surface area contributed by atoms with Crippen LogP contribution in [0.5, 0.6) is 5.75 Å². The van der Waals surface area contributed by atoms with E-state index in [1.807, 2.05) is 12.1 Å². The lowest BCUT2D eigenvalue weighted by Gasteiger charge is -2.08. The molecule has 0 atom stereocenters. The molecule has 3 aromatic rings. The monoisotopic (exact) mass is 390 g/mol. The number of hydrogen-bond donors (Lipinski definition) is 2. The van der Waals surface area contributed by atoms with Gasteiger partial charge in [0.15, 0.2) is 4.34 Å². The summed E-state index contributed by atoms with van der Waals surface area (Å²) < 4.78 is 19.4. The first-order valence-corrected chi connectivity index (χ1v) is 9.36. The fourth-order valence-electron chi connectivity index (χ4n) is 2.06. The Kier molecular flexibility index (Phi) is 6.03. The lowest BCUT2D eigenvalue weighted by atomic mass is 10.3. The Bertz CT molecular complexity index is 904. The summed E-state index contributed by atoms with van der Waals surface area (Å²) in [6.07, 6.45) is 0. The van der Waals surface area contributed by atoms with Gasteiger partial charge in [-0.05, 0) is 24.3 Å². The molecule has 2 N–H and O–H groups in total. The Morgan fingerprint density at radius 1 is 1.15 bits per heavy atom. The third-order valence-electron chi connectivity index (χ3n) is 3.23.